The second-order valence-electron chi connectivity index (χ2n) is 4.46. The normalized spacial score (nSPS) is 10.5. The molecule has 0 fully saturated rings. The van der Waals surface area contributed by atoms with E-state index in [1.54, 1.807) is 6.20 Å². The van der Waals surface area contributed by atoms with Crippen molar-refractivity contribution in [2.24, 2.45) is 0 Å². The molecule has 0 aliphatic rings. The number of nitrogens with one attached hydrogen (secondary N) is 1. The van der Waals surface area contributed by atoms with Crippen LogP contribution in [-0.2, 0) is 12.8 Å². The van der Waals surface area contributed by atoms with Crippen LogP contribution in [-0.4, -0.2) is 22.0 Å². The quantitative estimate of drug-likeness (QED) is 0.913. The highest BCUT2D eigenvalue weighted by molar-refractivity contribution is 5.62. The molecule has 1 N–H and O–H groups in total. The highest BCUT2D eigenvalue weighted by Gasteiger charge is 2.12. The van der Waals surface area contributed by atoms with Crippen LogP contribution in [0.5, 0.6) is 0 Å². The van der Waals surface area contributed by atoms with Crippen LogP contribution < -0.4 is 5.32 Å². The molecule has 0 bridgehead atoms. The molecule has 2 aromatic heterocycles. The molecule has 0 atom stereocenters. The van der Waals surface area contributed by atoms with Crippen molar-refractivity contribution in [3.8, 4) is 11.4 Å². The van der Waals surface area contributed by atoms with Crippen LogP contribution in [0.2, 0.25) is 0 Å². The molecule has 0 spiro atoms. The number of rotatable bonds is 4. The van der Waals surface area contributed by atoms with Gasteiger partial charge in [0.1, 0.15) is 5.82 Å². The van der Waals surface area contributed by atoms with Gasteiger partial charge in [-0.05, 0) is 31.4 Å². The molecule has 2 rings (SSSR count). The zero-order valence-electron chi connectivity index (χ0n) is 12.0. The molecule has 0 aromatic carbocycles. The Balaban J connectivity index is 2.62. The molecule has 0 saturated heterocycles. The topological polar surface area (TPSA) is 50.7 Å². The number of nitrogens with zero attached hydrogens (tertiary/aromatic N) is 3. The number of pyridine rings is 1. The fourth-order valence-electron chi connectivity index (χ4n) is 2.20. The van der Waals surface area contributed by atoms with Crippen molar-refractivity contribution in [2.45, 2.75) is 33.6 Å². The maximum Gasteiger partial charge on any atom is 0.162 e. The van der Waals surface area contributed by atoms with Crippen molar-refractivity contribution in [3.05, 3.63) is 35.3 Å². The molecule has 0 amide bonds. The van der Waals surface area contributed by atoms with Crippen molar-refractivity contribution < 1.29 is 0 Å². The van der Waals surface area contributed by atoms with Gasteiger partial charge in [-0.3, -0.25) is 4.98 Å². The lowest BCUT2D eigenvalue weighted by Crippen LogP contribution is -2.05. The number of anilines is 1. The fraction of sp³-hybridized carbons (Fsp3) is 0.400. The number of aryl methyl sites for hydroxylation is 2. The lowest BCUT2D eigenvalue weighted by atomic mass is 10.1. The summed E-state index contributed by atoms with van der Waals surface area (Å²) in [5.74, 6) is 1.69. The van der Waals surface area contributed by atoms with Gasteiger partial charge in [-0.1, -0.05) is 13.8 Å². The third-order valence-electron chi connectivity index (χ3n) is 3.34. The van der Waals surface area contributed by atoms with Gasteiger partial charge < -0.3 is 5.32 Å². The van der Waals surface area contributed by atoms with Gasteiger partial charge in [0.05, 0.1) is 0 Å². The van der Waals surface area contributed by atoms with E-state index < -0.39 is 0 Å². The summed E-state index contributed by atoms with van der Waals surface area (Å²) in [6.45, 7) is 6.29. The predicted octanol–water partition coefficient (Wildman–Crippen LogP) is 3.01. The van der Waals surface area contributed by atoms with Crippen molar-refractivity contribution in [2.75, 3.05) is 12.4 Å². The zero-order valence-corrected chi connectivity index (χ0v) is 12.0. The molecule has 0 unspecified atom stereocenters. The van der Waals surface area contributed by atoms with E-state index in [-0.39, 0.29) is 0 Å². The Labute approximate surface area is 114 Å². The molecule has 2 aromatic rings. The van der Waals surface area contributed by atoms with Gasteiger partial charge in [-0.2, -0.15) is 0 Å². The molecule has 0 aliphatic carbocycles. The molecule has 2 heterocycles. The molecular weight excluding hydrogens is 236 g/mol. The lowest BCUT2D eigenvalue weighted by molar-refractivity contribution is 0.971. The minimum atomic E-state index is 0.783. The van der Waals surface area contributed by atoms with Gasteiger partial charge in [0.15, 0.2) is 5.82 Å². The van der Waals surface area contributed by atoms with E-state index in [0.29, 0.717) is 0 Å². The maximum atomic E-state index is 4.70. The summed E-state index contributed by atoms with van der Waals surface area (Å²) in [5.41, 5.74) is 4.47. The van der Waals surface area contributed by atoms with E-state index in [9.17, 15) is 0 Å². The largest absolute Gasteiger partial charge is 0.373 e. The zero-order chi connectivity index (χ0) is 13.8. The summed E-state index contributed by atoms with van der Waals surface area (Å²) < 4.78 is 0. The molecule has 4 nitrogen and oxygen atoms in total. The van der Waals surface area contributed by atoms with Crippen LogP contribution in [0.4, 0.5) is 5.82 Å². The second kappa shape index (κ2) is 5.78. The molecule has 0 saturated carbocycles. The Morgan fingerprint density at radius 2 is 1.95 bits per heavy atom. The minimum absolute atomic E-state index is 0.783. The third-order valence-corrected chi connectivity index (χ3v) is 3.34. The van der Waals surface area contributed by atoms with Gasteiger partial charge in [-0.15, -0.1) is 0 Å². The first-order chi connectivity index (χ1) is 9.21. The van der Waals surface area contributed by atoms with Gasteiger partial charge in [-0.25, -0.2) is 9.97 Å². The Morgan fingerprint density at radius 3 is 2.58 bits per heavy atom. The first-order valence-corrected chi connectivity index (χ1v) is 6.69. The van der Waals surface area contributed by atoms with E-state index in [4.69, 9.17) is 4.98 Å². The molecule has 19 heavy (non-hydrogen) atoms. The highest BCUT2D eigenvalue weighted by atomic mass is 15.0. The summed E-state index contributed by atoms with van der Waals surface area (Å²) in [6.07, 6.45) is 5.52. The van der Waals surface area contributed by atoms with Crippen LogP contribution in [0, 0.1) is 6.92 Å². The van der Waals surface area contributed by atoms with Gasteiger partial charge in [0, 0.05) is 36.3 Å². The second-order valence-corrected chi connectivity index (χ2v) is 4.46. The Hall–Kier alpha value is -1.97. The minimum Gasteiger partial charge on any atom is -0.373 e. The third kappa shape index (κ3) is 2.57. The molecular formula is C15H20N4. The fourth-order valence-corrected chi connectivity index (χ4v) is 2.20. The molecule has 0 aliphatic heterocycles. The smallest absolute Gasteiger partial charge is 0.162 e. The van der Waals surface area contributed by atoms with Crippen LogP contribution in [0.15, 0.2) is 18.5 Å². The van der Waals surface area contributed by atoms with Gasteiger partial charge >= 0.3 is 0 Å². The molecule has 0 radical (unpaired) electrons. The lowest BCUT2D eigenvalue weighted by Gasteiger charge is -2.12. The van der Waals surface area contributed by atoms with Crippen molar-refractivity contribution in [3.63, 3.8) is 0 Å². The summed E-state index contributed by atoms with van der Waals surface area (Å²) in [4.78, 5) is 13.5. The van der Waals surface area contributed by atoms with Gasteiger partial charge in [0.2, 0.25) is 0 Å². The van der Waals surface area contributed by atoms with Crippen molar-refractivity contribution >= 4 is 5.82 Å². The summed E-state index contributed by atoms with van der Waals surface area (Å²) in [6, 6.07) is 1.99. The first kappa shape index (κ1) is 13.5. The standard InChI is InChI=1S/C15H20N4/c1-5-11-9-17-8-7-12(11)15-18-13(6-2)10(3)14(16-4)19-15/h7-9H,5-6H2,1-4H3,(H,16,18,19). The average molecular weight is 256 g/mol. The van der Waals surface area contributed by atoms with E-state index in [1.165, 1.54) is 5.56 Å². The van der Waals surface area contributed by atoms with Crippen LogP contribution >= 0.6 is 0 Å². The predicted molar refractivity (Wildman–Crippen MR) is 78.3 cm³/mol. The van der Waals surface area contributed by atoms with E-state index >= 15 is 0 Å². The highest BCUT2D eigenvalue weighted by Crippen LogP contribution is 2.24. The van der Waals surface area contributed by atoms with E-state index in [2.05, 4.69) is 36.1 Å². The number of hydrogen-bond acceptors (Lipinski definition) is 4. The van der Waals surface area contributed by atoms with E-state index in [1.807, 2.05) is 19.3 Å². The monoisotopic (exact) mass is 256 g/mol. The summed E-state index contributed by atoms with van der Waals surface area (Å²) in [5, 5.41) is 3.15. The van der Waals surface area contributed by atoms with Crippen molar-refractivity contribution in [1.29, 1.82) is 0 Å². The van der Waals surface area contributed by atoms with Crippen LogP contribution in [0.25, 0.3) is 11.4 Å². The number of aromatic nitrogens is 3. The number of hydrogen-bond donors (Lipinski definition) is 1. The Bertz CT molecular complexity index is 553. The summed E-state index contributed by atoms with van der Waals surface area (Å²) >= 11 is 0. The molecule has 4 heteroatoms. The Kier molecular flexibility index (Phi) is 4.10. The SMILES string of the molecule is CCc1cnccc1-c1nc(CC)c(C)c(NC)n1. The van der Waals surface area contributed by atoms with E-state index in [0.717, 1.165) is 41.3 Å². The first-order valence-electron chi connectivity index (χ1n) is 6.69. The Morgan fingerprint density at radius 1 is 1.16 bits per heavy atom. The van der Waals surface area contributed by atoms with Crippen molar-refractivity contribution in [1.82, 2.24) is 15.0 Å². The maximum absolute atomic E-state index is 4.70. The van der Waals surface area contributed by atoms with Gasteiger partial charge in [0.25, 0.3) is 0 Å². The van der Waals surface area contributed by atoms with Crippen LogP contribution in [0.1, 0.15) is 30.7 Å². The van der Waals surface area contributed by atoms with Crippen LogP contribution in [0.3, 0.4) is 0 Å². The average Bonchev–Trinajstić information content (AvgIpc) is 2.47. The molecule has 100 valence electrons. The summed E-state index contributed by atoms with van der Waals surface area (Å²) in [7, 11) is 1.89.